The van der Waals surface area contributed by atoms with E-state index in [-0.39, 0.29) is 92.1 Å². The van der Waals surface area contributed by atoms with Crippen molar-refractivity contribution in [3.8, 4) is 0 Å². The van der Waals surface area contributed by atoms with Crippen LogP contribution in [0.3, 0.4) is 0 Å². The fourth-order valence-electron chi connectivity index (χ4n) is 16.6. The van der Waals surface area contributed by atoms with Gasteiger partial charge in [-0.15, -0.1) is 0 Å². The third-order valence-electron chi connectivity index (χ3n) is 22.4. The zero-order chi connectivity index (χ0) is 90.4. The standard InChI is InChI=1S/C20H26O7S.C16H20F6O5S2.C14H23F2NO4S.C14H22O3S.C13H16F2O6S/c21-19(26-16-7-3-1-4-8-16)14-11-15(13-18(12-14)28(23,24)25)20(22)27-17-9-5-2-6-10-17;1-9(2)11-6-5-7-12(10(3)4)13(11)8-28(23,24)15(19,20)14(17,18)16(21,22)29(25,26)27;15-14(16,22(19,20)21)13(18)17(11-7-3-1-4-8-11)12-9-5-2-6-10-12;1-13(2,3)10-8-7-9-11(14(4,5)6)12(10)18(15,16)17;14-13(15,22(18,19)20)11(17)21-6-12-3-7-1-8(4-12)10(16)9(2-7)5-12/h11-13,16-17H,1-10H2,(H,23,24,25);5-7,9-10H,8H2,1-4H3,(H,25,26,27);11-12H,1-10H2,(H,19,20,21);7-9H,1-6H3,(H,15,16,17);7-9H,1-6H2,(H,18,19,20). The highest BCUT2D eigenvalue weighted by Crippen LogP contribution is 2.59. The van der Waals surface area contributed by atoms with Crippen LogP contribution < -0.4 is 0 Å². The second-order valence-electron chi connectivity index (χ2n) is 34.4. The van der Waals surface area contributed by atoms with E-state index in [1.807, 2.05) is 47.6 Å². The van der Waals surface area contributed by atoms with Gasteiger partial charge in [-0.25, -0.2) is 22.8 Å². The van der Waals surface area contributed by atoms with Crippen molar-refractivity contribution < 1.29 is 155 Å². The summed E-state index contributed by atoms with van der Waals surface area (Å²) in [6.45, 7) is 17.6. The summed E-state index contributed by atoms with van der Waals surface area (Å²) >= 11 is 0. The molecule has 8 saturated carbocycles. The monoisotopic (exact) mass is 1830 g/mol. The number of benzene rings is 3. The van der Waals surface area contributed by atoms with Gasteiger partial charge in [-0.05, 0) is 184 Å². The number of sulfone groups is 1. The van der Waals surface area contributed by atoms with Gasteiger partial charge >= 0.3 is 81.1 Å². The van der Waals surface area contributed by atoms with Gasteiger partial charge < -0.3 is 19.1 Å². The molecule has 4 bridgehead atoms. The Morgan fingerprint density at radius 2 is 0.857 bits per heavy atom. The molecule has 0 aliphatic heterocycles. The molecule has 676 valence electrons. The third kappa shape index (κ3) is 24.8. The molecule has 42 heteroatoms. The van der Waals surface area contributed by atoms with Crippen LogP contribution >= 0.6 is 0 Å². The molecule has 3 aromatic rings. The van der Waals surface area contributed by atoms with E-state index in [9.17, 15) is 127 Å². The molecule has 8 fully saturated rings. The van der Waals surface area contributed by atoms with Crippen molar-refractivity contribution in [3.05, 3.63) is 93.5 Å². The summed E-state index contributed by atoms with van der Waals surface area (Å²) in [6, 6.07) is 12.2. The Morgan fingerprint density at radius 1 is 0.487 bits per heavy atom. The van der Waals surface area contributed by atoms with Gasteiger partial charge in [-0.2, -0.15) is 86.0 Å². The summed E-state index contributed by atoms with van der Waals surface area (Å²) in [5.74, 6) is -14.6. The lowest BCUT2D eigenvalue weighted by Crippen LogP contribution is -2.60. The van der Waals surface area contributed by atoms with Crippen molar-refractivity contribution in [1.82, 2.24) is 4.90 Å². The normalized spacial score (nSPS) is 21.2. The van der Waals surface area contributed by atoms with E-state index in [0.29, 0.717) is 62.0 Å². The lowest BCUT2D eigenvalue weighted by atomic mass is 9.49. The maximum atomic E-state index is 14.2. The molecule has 2 unspecified atom stereocenters. The molecule has 8 aliphatic carbocycles. The van der Waals surface area contributed by atoms with Crippen LogP contribution in [0.15, 0.2) is 64.4 Å². The lowest BCUT2D eigenvalue weighted by molar-refractivity contribution is -0.245. The SMILES string of the molecule is CC(C)(C)c1cccc(C(C)(C)C)c1S(=O)(=O)O.CC(C)c1cccc(C(C)C)c1CS(=O)(=O)C(F)(F)C(F)(F)C(F)(F)S(=O)(=O)O.O=C(N(C1CCCCC1)C1CCCCC1)C(F)(F)S(=O)(=O)O.O=C(OC1CCCCC1)c1cc(C(=O)OC2CCCCC2)cc(S(=O)(=O)O)c1.O=C1C2CC3CC1CC(COC(=O)C(F)(F)S(=O)(=O)O)(C3)C2. The molecule has 1 amide bonds. The van der Waals surface area contributed by atoms with Crippen LogP contribution in [-0.4, -0.2) is 166 Å². The molecule has 3 aromatic carbocycles. The molecule has 11 rings (SSSR count). The smallest absolute Gasteiger partial charge is 0.460 e. The highest BCUT2D eigenvalue weighted by Gasteiger charge is 2.82. The number of ketones is 1. The quantitative estimate of drug-likeness (QED) is 0.0270. The van der Waals surface area contributed by atoms with Gasteiger partial charge in [-0.3, -0.25) is 32.4 Å². The number of esters is 3. The van der Waals surface area contributed by atoms with Gasteiger partial charge in [0.1, 0.15) is 22.9 Å². The molecule has 119 heavy (non-hydrogen) atoms. The number of halogens is 10. The summed E-state index contributed by atoms with van der Waals surface area (Å²) in [6.07, 6.45) is 19.8. The van der Waals surface area contributed by atoms with Crippen LogP contribution in [0, 0.1) is 23.2 Å². The van der Waals surface area contributed by atoms with Crippen molar-refractivity contribution >= 4 is 90.0 Å². The molecule has 8 aliphatic rings. The van der Waals surface area contributed by atoms with E-state index in [1.165, 1.54) is 24.3 Å². The Bertz CT molecular complexity index is 4710. The Balaban J connectivity index is 0.000000233. The van der Waals surface area contributed by atoms with Gasteiger partial charge in [-0.1, -0.05) is 157 Å². The second-order valence-corrected chi connectivity index (χ2v) is 43.6. The topological polar surface area (TPSA) is 422 Å². The van der Waals surface area contributed by atoms with E-state index in [4.69, 9.17) is 23.1 Å². The van der Waals surface area contributed by atoms with Crippen LogP contribution in [0.1, 0.15) is 290 Å². The predicted octanol–water partition coefficient (Wildman–Crippen LogP) is 16.4. The number of nitrogens with zero attached hydrogens (tertiary/aromatic N) is 1. The lowest BCUT2D eigenvalue weighted by Gasteiger charge is -2.55. The molecule has 0 spiro atoms. The van der Waals surface area contributed by atoms with Crippen LogP contribution in [0.2, 0.25) is 0 Å². The highest BCUT2D eigenvalue weighted by molar-refractivity contribution is 7.92. The number of amides is 1. The van der Waals surface area contributed by atoms with Crippen LogP contribution in [0.25, 0.3) is 0 Å². The molecule has 26 nitrogen and oxygen atoms in total. The van der Waals surface area contributed by atoms with Crippen LogP contribution in [0.4, 0.5) is 43.9 Å². The third-order valence-corrected chi connectivity index (χ3v) is 28.5. The molecular formula is C77H107F10NO25S6. The number of Topliss-reactive ketones (excluding diaryl/α,β-unsaturated/α-hetero) is 1. The van der Waals surface area contributed by atoms with Crippen LogP contribution in [0.5, 0.6) is 0 Å². The Labute approximate surface area is 688 Å². The van der Waals surface area contributed by atoms with Gasteiger partial charge in [0.2, 0.25) is 9.84 Å². The summed E-state index contributed by atoms with van der Waals surface area (Å²) in [7, 11) is -33.8. The number of hydrogen-bond acceptors (Lipinski definition) is 20. The molecule has 0 heterocycles. The van der Waals surface area contributed by atoms with Gasteiger partial charge in [0, 0.05) is 29.3 Å². The van der Waals surface area contributed by atoms with Gasteiger partial charge in [0.15, 0.2) is 0 Å². The first kappa shape index (κ1) is 102. The van der Waals surface area contributed by atoms with E-state index in [2.05, 4.69) is 4.74 Å². The maximum absolute atomic E-state index is 14.2. The van der Waals surface area contributed by atoms with E-state index in [0.717, 1.165) is 133 Å². The first-order valence-electron chi connectivity index (χ1n) is 39.0. The number of alkyl halides is 10. The van der Waals surface area contributed by atoms with Crippen molar-refractivity contribution in [3.63, 3.8) is 0 Å². The van der Waals surface area contributed by atoms with Gasteiger partial charge in [0.05, 0.1) is 28.4 Å². The Kier molecular flexibility index (Phi) is 33.1. The minimum absolute atomic E-state index is 0.0602. The van der Waals surface area contributed by atoms with E-state index < -0.39 is 139 Å². The summed E-state index contributed by atoms with van der Waals surface area (Å²) in [5, 5.41) is -23.0. The summed E-state index contributed by atoms with van der Waals surface area (Å²) in [4.78, 5) is 61.2. The largest absolute Gasteiger partial charge is 0.465 e. The molecule has 0 radical (unpaired) electrons. The number of ether oxygens (including phenoxy) is 3. The Morgan fingerprint density at radius 3 is 1.19 bits per heavy atom. The first-order chi connectivity index (χ1) is 54.2. The fraction of sp³-hybridized carbons (Fsp3) is 0.701. The summed E-state index contributed by atoms with van der Waals surface area (Å²) < 4.78 is 331. The van der Waals surface area contributed by atoms with Crippen molar-refractivity contribution in [1.29, 1.82) is 0 Å². The van der Waals surface area contributed by atoms with E-state index >= 15 is 0 Å². The molecule has 5 N–H and O–H groups in total. The number of hydrogen-bond donors (Lipinski definition) is 5. The van der Waals surface area contributed by atoms with Crippen molar-refractivity contribution in [2.24, 2.45) is 23.2 Å². The maximum Gasteiger partial charge on any atom is 0.465 e. The minimum atomic E-state index is -7.05. The summed E-state index contributed by atoms with van der Waals surface area (Å²) in [5.41, 5.74) is 0.111. The average molecular weight is 1830 g/mol. The zero-order valence-corrected chi connectivity index (χ0v) is 72.5. The fourth-order valence-corrected chi connectivity index (χ4v) is 20.9. The van der Waals surface area contributed by atoms with Crippen LogP contribution in [-0.2, 0) is 106 Å². The number of carbonyl (C=O) groups excluding carboxylic acids is 5. The van der Waals surface area contributed by atoms with Crippen molar-refractivity contribution in [2.45, 2.75) is 319 Å². The number of carbonyl (C=O) groups is 5. The van der Waals surface area contributed by atoms with E-state index in [1.54, 1.807) is 39.8 Å². The predicted molar refractivity (Wildman–Crippen MR) is 414 cm³/mol. The second kappa shape index (κ2) is 38.6. The average Bonchev–Trinajstić information content (AvgIpc) is 0.724. The Hall–Kier alpha value is -5.99. The molecule has 2 atom stereocenters. The molecule has 0 aromatic heterocycles. The zero-order valence-electron chi connectivity index (χ0n) is 67.6. The van der Waals surface area contributed by atoms with Crippen molar-refractivity contribution in [2.75, 3.05) is 6.61 Å². The van der Waals surface area contributed by atoms with Gasteiger partial charge in [0.25, 0.3) is 20.2 Å². The minimum Gasteiger partial charge on any atom is -0.460 e. The molecule has 0 saturated heterocycles. The number of rotatable bonds is 22. The first-order valence-corrected chi connectivity index (χ1v) is 47.9. The molecular weight excluding hydrogens is 1720 g/mol. The highest BCUT2D eigenvalue weighted by atomic mass is 32.2.